The molecule has 0 aliphatic carbocycles. The molecule has 0 aromatic heterocycles. The topological polar surface area (TPSA) is 54.8 Å². The highest BCUT2D eigenvalue weighted by atomic mass is 16.5. The highest BCUT2D eigenvalue weighted by molar-refractivity contribution is 5.21. The van der Waals surface area contributed by atoms with E-state index in [1.807, 2.05) is 0 Å². The van der Waals surface area contributed by atoms with Crippen LogP contribution in [-0.2, 0) is 0 Å². The average molecular weight is 135 g/mol. The summed E-state index contributed by atoms with van der Waals surface area (Å²) in [5.74, 6) is 0.660. The van der Waals surface area contributed by atoms with Crippen molar-refractivity contribution in [3.05, 3.63) is 30.1 Å². The van der Waals surface area contributed by atoms with E-state index in [1.54, 1.807) is 22.9 Å². The van der Waals surface area contributed by atoms with E-state index >= 15 is 0 Å². The first-order chi connectivity index (χ1) is 4.88. The summed E-state index contributed by atoms with van der Waals surface area (Å²) in [5, 5.41) is 11.0. The molecule has 0 saturated heterocycles. The third kappa shape index (κ3) is 0.556. The zero-order chi connectivity index (χ0) is 6.97. The van der Waals surface area contributed by atoms with E-state index < -0.39 is 0 Å². The summed E-state index contributed by atoms with van der Waals surface area (Å²) in [4.78, 5) is 0. The summed E-state index contributed by atoms with van der Waals surface area (Å²) in [6.45, 7) is 0. The first-order valence-electron chi connectivity index (χ1n) is 2.84. The molecule has 50 valence electrons. The van der Waals surface area contributed by atoms with Crippen LogP contribution in [0.5, 0.6) is 0 Å². The Bertz CT molecular complexity index is 362. The van der Waals surface area contributed by atoms with Gasteiger partial charge in [-0.25, -0.2) is 0 Å². The molecule has 2 aliphatic rings. The van der Waals surface area contributed by atoms with Crippen LogP contribution in [0.2, 0.25) is 0 Å². The fraction of sp³-hybridized carbons (Fsp3) is 0. The van der Waals surface area contributed by atoms with Gasteiger partial charge in [0.2, 0.25) is 0 Å². The monoisotopic (exact) mass is 135 g/mol. The van der Waals surface area contributed by atoms with Crippen molar-refractivity contribution in [2.45, 2.75) is 0 Å². The molecular formula is C6H5N3O. The number of fused-ring (bicyclic) bond motifs is 1. The summed E-state index contributed by atoms with van der Waals surface area (Å²) in [5.41, 5.74) is 0.415. The molecule has 0 amide bonds. The molecule has 0 spiro atoms. The predicted octanol–water partition coefficient (Wildman–Crippen LogP) is 0.383. The Hall–Kier alpha value is -1.58. The third-order valence-electron chi connectivity index (χ3n) is 1.31. The van der Waals surface area contributed by atoms with Crippen LogP contribution in [0.4, 0.5) is 0 Å². The van der Waals surface area contributed by atoms with Gasteiger partial charge >= 0.3 is 0 Å². The van der Waals surface area contributed by atoms with Gasteiger partial charge in [-0.05, 0) is 12.1 Å². The van der Waals surface area contributed by atoms with Crippen LogP contribution >= 0.6 is 0 Å². The number of rotatable bonds is 0. The summed E-state index contributed by atoms with van der Waals surface area (Å²) in [6.07, 6.45) is 3.09. The number of nitrogens with zero attached hydrogens (tertiary/aromatic N) is 2. The molecule has 10 heavy (non-hydrogen) atoms. The molecule has 0 aromatic carbocycles. The minimum Gasteiger partial charge on any atom is -0.361 e. The maximum absolute atomic E-state index is 7.32. The molecule has 1 N–H and O–H groups in total. The lowest BCUT2D eigenvalue weighted by molar-refractivity contribution is 0.385. The highest BCUT2D eigenvalue weighted by Gasteiger charge is 2.00. The molecule has 2 rings (SSSR count). The van der Waals surface area contributed by atoms with Gasteiger partial charge < -0.3 is 4.52 Å². The van der Waals surface area contributed by atoms with Crippen LogP contribution in [-0.4, -0.2) is 9.72 Å². The van der Waals surface area contributed by atoms with E-state index in [0.29, 0.717) is 11.3 Å². The highest BCUT2D eigenvalue weighted by Crippen LogP contribution is 1.99. The van der Waals surface area contributed by atoms with Gasteiger partial charge in [-0.1, -0.05) is 5.16 Å². The Morgan fingerprint density at radius 3 is 3.20 bits per heavy atom. The predicted molar refractivity (Wildman–Crippen MR) is 32.9 cm³/mol. The van der Waals surface area contributed by atoms with Crippen molar-refractivity contribution in [2.75, 3.05) is 0 Å². The Labute approximate surface area is 56.5 Å². The van der Waals surface area contributed by atoms with Crippen molar-refractivity contribution in [1.82, 2.24) is 9.72 Å². The van der Waals surface area contributed by atoms with E-state index in [4.69, 9.17) is 5.41 Å². The molecule has 2 aliphatic heterocycles. The van der Waals surface area contributed by atoms with Crippen LogP contribution < -0.4 is 5.49 Å². The summed E-state index contributed by atoms with van der Waals surface area (Å²) >= 11 is 0. The second kappa shape index (κ2) is 1.70. The minimum absolute atomic E-state index is 0.415. The largest absolute Gasteiger partial charge is 0.361 e. The van der Waals surface area contributed by atoms with E-state index in [0.717, 1.165) is 0 Å². The minimum atomic E-state index is 0.415. The molecule has 0 bridgehead atoms. The zero-order valence-corrected chi connectivity index (χ0v) is 5.11. The van der Waals surface area contributed by atoms with Gasteiger partial charge in [-0.3, -0.25) is 9.98 Å². The van der Waals surface area contributed by atoms with Crippen molar-refractivity contribution in [1.29, 1.82) is 5.41 Å². The average Bonchev–Trinajstić information content (AvgIpc) is 2.34. The molecule has 0 radical (unpaired) electrons. The second-order valence-corrected chi connectivity index (χ2v) is 1.93. The van der Waals surface area contributed by atoms with Gasteiger partial charge in [0.05, 0.1) is 6.20 Å². The number of aromatic nitrogens is 2. The molecular weight excluding hydrogens is 130 g/mol. The lowest BCUT2D eigenvalue weighted by atomic mass is 10.6. The van der Waals surface area contributed by atoms with Crippen molar-refractivity contribution in [3.63, 3.8) is 0 Å². The zero-order valence-electron chi connectivity index (χ0n) is 5.11. The van der Waals surface area contributed by atoms with Crippen LogP contribution in [0.3, 0.4) is 0 Å². The summed E-state index contributed by atoms with van der Waals surface area (Å²) in [6, 6.07) is 3.39. The summed E-state index contributed by atoms with van der Waals surface area (Å²) < 4.78 is 6.28. The van der Waals surface area contributed by atoms with Crippen LogP contribution in [0.25, 0.3) is 5.82 Å². The number of hydrogen-bond donors (Lipinski definition) is 1. The first kappa shape index (κ1) is 5.22. The van der Waals surface area contributed by atoms with Gasteiger partial charge in [0.1, 0.15) is 11.8 Å². The standard InChI is InChI=1S/C6H5N3O/c7-5-1-2-6-8-10-4-3-9(5)6/h1-4,7H. The normalized spacial score (nSPS) is 10.4. The molecule has 0 fully saturated rings. The molecule has 0 aromatic rings. The summed E-state index contributed by atoms with van der Waals surface area (Å²) in [7, 11) is 0. The van der Waals surface area contributed by atoms with Crippen LogP contribution in [0.15, 0.2) is 29.1 Å². The van der Waals surface area contributed by atoms with Crippen LogP contribution in [0.1, 0.15) is 0 Å². The fourth-order valence-corrected chi connectivity index (χ4v) is 0.841. The third-order valence-corrected chi connectivity index (χ3v) is 1.31. The molecule has 4 nitrogen and oxygen atoms in total. The Kier molecular flexibility index (Phi) is 0.887. The lowest BCUT2D eigenvalue weighted by Crippen LogP contribution is -2.11. The van der Waals surface area contributed by atoms with E-state index in [9.17, 15) is 0 Å². The quantitative estimate of drug-likeness (QED) is 0.567. The van der Waals surface area contributed by atoms with Crippen molar-refractivity contribution in [3.8, 4) is 5.82 Å². The Balaban J connectivity index is 2.91. The maximum atomic E-state index is 7.32. The smallest absolute Gasteiger partial charge is 0.178 e. The first-order valence-corrected chi connectivity index (χ1v) is 2.84. The Morgan fingerprint density at radius 1 is 1.50 bits per heavy atom. The number of nitrogens with one attached hydrogen (secondary N) is 1. The van der Waals surface area contributed by atoms with Crippen molar-refractivity contribution in [2.24, 2.45) is 0 Å². The molecule has 4 heteroatoms. The fourth-order valence-electron chi connectivity index (χ4n) is 0.841. The number of hydrogen-bond acceptors (Lipinski definition) is 3. The van der Waals surface area contributed by atoms with Crippen LogP contribution in [0, 0.1) is 5.41 Å². The maximum Gasteiger partial charge on any atom is 0.178 e. The van der Waals surface area contributed by atoms with Gasteiger partial charge in [0, 0.05) is 0 Å². The van der Waals surface area contributed by atoms with Gasteiger partial charge in [0.25, 0.3) is 0 Å². The van der Waals surface area contributed by atoms with E-state index in [-0.39, 0.29) is 0 Å². The Morgan fingerprint density at radius 2 is 2.40 bits per heavy atom. The van der Waals surface area contributed by atoms with Gasteiger partial charge in [0.15, 0.2) is 5.82 Å². The SMILES string of the molecule is N=c1ccc2noccn1-2. The molecule has 2 heterocycles. The molecule has 0 unspecified atom stereocenters. The van der Waals surface area contributed by atoms with Crippen molar-refractivity contribution < 1.29 is 4.52 Å². The van der Waals surface area contributed by atoms with E-state index in [2.05, 4.69) is 9.68 Å². The van der Waals surface area contributed by atoms with Crippen molar-refractivity contribution >= 4 is 0 Å². The molecule has 0 saturated carbocycles. The lowest BCUT2D eigenvalue weighted by Gasteiger charge is -1.95. The second-order valence-electron chi connectivity index (χ2n) is 1.93. The van der Waals surface area contributed by atoms with Gasteiger partial charge in [-0.15, -0.1) is 0 Å². The van der Waals surface area contributed by atoms with E-state index in [1.165, 1.54) is 6.26 Å². The van der Waals surface area contributed by atoms with Gasteiger partial charge in [-0.2, -0.15) is 0 Å². The molecule has 0 atom stereocenters.